The van der Waals surface area contributed by atoms with Crippen LogP contribution in [0.25, 0.3) is 0 Å². The fourth-order valence-electron chi connectivity index (χ4n) is 1.55. The minimum absolute atomic E-state index is 0.376. The van der Waals surface area contributed by atoms with E-state index in [9.17, 15) is 0 Å². The van der Waals surface area contributed by atoms with Crippen LogP contribution in [0.4, 0.5) is 0 Å². The lowest BCUT2D eigenvalue weighted by atomic mass is 9.97. The van der Waals surface area contributed by atoms with Crippen molar-refractivity contribution >= 4 is 50.7 Å². The zero-order valence-electron chi connectivity index (χ0n) is 7.64. The first-order valence-corrected chi connectivity index (χ1v) is 6.31. The lowest BCUT2D eigenvalue weighted by Crippen LogP contribution is -2.18. The molecular weight excluding hydrogens is 322 g/mol. The van der Waals surface area contributed by atoms with Gasteiger partial charge in [-0.25, -0.2) is 0 Å². The summed E-state index contributed by atoms with van der Waals surface area (Å²) in [7, 11) is 0. The Morgan fingerprint density at radius 2 is 2.07 bits per heavy atom. The Morgan fingerprint density at radius 1 is 1.40 bits per heavy atom. The Kier molecular flexibility index (Phi) is 3.26. The summed E-state index contributed by atoms with van der Waals surface area (Å²) in [4.78, 5) is 0. The van der Waals surface area contributed by atoms with E-state index in [0.29, 0.717) is 13.0 Å². The third kappa shape index (κ3) is 3.01. The molecule has 5 heteroatoms. The molecule has 2 rings (SSSR count). The summed E-state index contributed by atoms with van der Waals surface area (Å²) in [5.74, 6) is 0. The molecule has 1 heterocycles. The van der Waals surface area contributed by atoms with E-state index in [2.05, 4.69) is 15.9 Å². The van der Waals surface area contributed by atoms with Crippen molar-refractivity contribution in [1.29, 1.82) is 0 Å². The molecule has 0 bridgehead atoms. The van der Waals surface area contributed by atoms with E-state index < -0.39 is 9.39 Å². The number of hydrogen-bond donors (Lipinski definition) is 0. The van der Waals surface area contributed by atoms with Gasteiger partial charge in [-0.15, -0.1) is 0 Å². The molecule has 1 atom stereocenters. The van der Waals surface area contributed by atoms with Crippen LogP contribution in [0.2, 0.25) is 0 Å². The van der Waals surface area contributed by atoms with Gasteiger partial charge in [0, 0.05) is 10.9 Å². The van der Waals surface area contributed by atoms with Crippen molar-refractivity contribution < 1.29 is 4.74 Å². The van der Waals surface area contributed by atoms with Gasteiger partial charge in [0.05, 0.1) is 6.61 Å². The first kappa shape index (κ1) is 12.0. The molecule has 1 nitrogen and oxygen atoms in total. The van der Waals surface area contributed by atoms with E-state index in [1.54, 1.807) is 0 Å². The third-order valence-corrected chi connectivity index (χ3v) is 3.22. The van der Waals surface area contributed by atoms with E-state index >= 15 is 0 Å². The Bertz CT molecular complexity index is 371. The number of alkyl halides is 3. The summed E-state index contributed by atoms with van der Waals surface area (Å²) in [6.45, 7) is 0.608. The summed E-state index contributed by atoms with van der Waals surface area (Å²) in [5.41, 5.74) is 0.637. The predicted molar refractivity (Wildman–Crippen MR) is 66.7 cm³/mol. The maximum atomic E-state index is 5.79. The second-order valence-corrected chi connectivity index (χ2v) is 7.02. The molecule has 1 saturated heterocycles. The van der Waals surface area contributed by atoms with Crippen molar-refractivity contribution in [3.05, 3.63) is 34.3 Å². The Balaban J connectivity index is 2.23. The quantitative estimate of drug-likeness (QED) is 0.577. The molecule has 0 saturated carbocycles. The smallest absolute Gasteiger partial charge is 0.193 e. The molecule has 1 aliphatic heterocycles. The molecule has 1 aromatic rings. The summed E-state index contributed by atoms with van der Waals surface area (Å²) < 4.78 is 5.16. The predicted octanol–water partition coefficient (Wildman–Crippen LogP) is 4.43. The van der Waals surface area contributed by atoms with Gasteiger partial charge in [0.15, 0.2) is 3.79 Å². The summed E-state index contributed by atoms with van der Waals surface area (Å²) in [6.07, 6.45) is 0.376. The summed E-state index contributed by atoms with van der Waals surface area (Å²) >= 11 is 20.8. The molecule has 0 N–H and O–H groups in total. The van der Waals surface area contributed by atoms with Crippen LogP contribution in [-0.2, 0) is 10.3 Å². The van der Waals surface area contributed by atoms with Gasteiger partial charge in [0.2, 0.25) is 0 Å². The van der Waals surface area contributed by atoms with Gasteiger partial charge in [0.25, 0.3) is 0 Å². The van der Waals surface area contributed by atoms with Crippen LogP contribution in [0.1, 0.15) is 12.0 Å². The fourth-order valence-corrected chi connectivity index (χ4v) is 2.60. The number of halogens is 4. The minimum Gasteiger partial charge on any atom is -0.364 e. The number of hydrogen-bond acceptors (Lipinski definition) is 1. The van der Waals surface area contributed by atoms with E-state index in [4.69, 9.17) is 39.5 Å². The molecular formula is C10H8BrCl3O. The van der Waals surface area contributed by atoms with Crippen LogP contribution >= 0.6 is 50.7 Å². The summed E-state index contributed by atoms with van der Waals surface area (Å²) in [5, 5.41) is 0. The molecule has 15 heavy (non-hydrogen) atoms. The largest absolute Gasteiger partial charge is 0.364 e. The highest BCUT2D eigenvalue weighted by atomic mass is 79.9. The van der Waals surface area contributed by atoms with Crippen LogP contribution in [0.5, 0.6) is 0 Å². The lowest BCUT2D eigenvalue weighted by Gasteiger charge is -2.18. The van der Waals surface area contributed by atoms with Crippen molar-refractivity contribution in [2.45, 2.75) is 15.8 Å². The van der Waals surface area contributed by atoms with Gasteiger partial charge < -0.3 is 4.74 Å². The monoisotopic (exact) mass is 328 g/mol. The van der Waals surface area contributed by atoms with Gasteiger partial charge in [-0.2, -0.15) is 0 Å². The number of rotatable bonds is 2. The molecule has 82 valence electrons. The molecule has 0 spiro atoms. The van der Waals surface area contributed by atoms with Gasteiger partial charge in [-0.1, -0.05) is 62.9 Å². The number of benzene rings is 1. The van der Waals surface area contributed by atoms with Crippen molar-refractivity contribution in [3.63, 3.8) is 0 Å². The molecule has 1 fully saturated rings. The van der Waals surface area contributed by atoms with Crippen molar-refractivity contribution in [3.8, 4) is 0 Å². The van der Waals surface area contributed by atoms with Crippen LogP contribution in [-0.4, -0.2) is 10.4 Å². The zero-order valence-corrected chi connectivity index (χ0v) is 11.5. The van der Waals surface area contributed by atoms with Crippen molar-refractivity contribution in [1.82, 2.24) is 0 Å². The highest BCUT2D eigenvalue weighted by Crippen LogP contribution is 2.49. The molecule has 0 aromatic heterocycles. The first-order valence-electron chi connectivity index (χ1n) is 4.38. The Labute approximate surface area is 112 Å². The lowest BCUT2D eigenvalue weighted by molar-refractivity contribution is 0.295. The van der Waals surface area contributed by atoms with Gasteiger partial charge in [0.1, 0.15) is 5.60 Å². The highest BCUT2D eigenvalue weighted by molar-refractivity contribution is 9.10. The molecule has 0 radical (unpaired) electrons. The molecule has 1 aromatic carbocycles. The van der Waals surface area contributed by atoms with Crippen LogP contribution in [0.15, 0.2) is 28.7 Å². The molecule has 1 aliphatic rings. The normalized spacial score (nSPS) is 25.3. The second kappa shape index (κ2) is 4.08. The Hall–Kier alpha value is 0.530. The van der Waals surface area contributed by atoms with E-state index in [-0.39, 0.29) is 0 Å². The minimum atomic E-state index is -1.28. The maximum Gasteiger partial charge on any atom is 0.193 e. The summed E-state index contributed by atoms with van der Waals surface area (Å²) in [6, 6.07) is 7.87. The van der Waals surface area contributed by atoms with Gasteiger partial charge >= 0.3 is 0 Å². The van der Waals surface area contributed by atoms with Crippen LogP contribution in [0.3, 0.4) is 0 Å². The average molecular weight is 330 g/mol. The van der Waals surface area contributed by atoms with Crippen LogP contribution < -0.4 is 0 Å². The van der Waals surface area contributed by atoms with E-state index in [1.165, 1.54) is 0 Å². The standard InChI is InChI=1S/C10H8BrCl3O/c11-8-3-1-2-7(4-8)9(6-15-9)5-10(12,13)14/h1-4H,5-6H2. The Morgan fingerprint density at radius 3 is 2.53 bits per heavy atom. The SMILES string of the molecule is ClC(Cl)(Cl)CC1(c2cccc(Br)c2)CO1. The van der Waals surface area contributed by atoms with E-state index in [0.717, 1.165) is 10.0 Å². The van der Waals surface area contributed by atoms with Crippen molar-refractivity contribution in [2.75, 3.05) is 6.61 Å². The molecule has 1 unspecified atom stereocenters. The molecule has 0 aliphatic carbocycles. The van der Waals surface area contributed by atoms with Gasteiger partial charge in [-0.05, 0) is 17.7 Å². The highest BCUT2D eigenvalue weighted by Gasteiger charge is 2.51. The van der Waals surface area contributed by atoms with Crippen molar-refractivity contribution in [2.24, 2.45) is 0 Å². The van der Waals surface area contributed by atoms with Gasteiger partial charge in [-0.3, -0.25) is 0 Å². The number of epoxide rings is 1. The first-order chi connectivity index (χ1) is 6.91. The van der Waals surface area contributed by atoms with E-state index in [1.807, 2.05) is 24.3 Å². The maximum absolute atomic E-state index is 5.79. The average Bonchev–Trinajstić information content (AvgIpc) is 2.83. The molecule has 0 amide bonds. The third-order valence-electron chi connectivity index (χ3n) is 2.33. The van der Waals surface area contributed by atoms with Crippen LogP contribution in [0, 0.1) is 0 Å². The zero-order chi connectivity index (χ0) is 11.1. The number of ether oxygens (including phenoxy) is 1. The topological polar surface area (TPSA) is 12.5 Å². The fraction of sp³-hybridized carbons (Fsp3) is 0.400. The second-order valence-electron chi connectivity index (χ2n) is 3.59.